The molecule has 0 fully saturated rings. The van der Waals surface area contributed by atoms with Crippen molar-refractivity contribution in [3.8, 4) is 0 Å². The topological polar surface area (TPSA) is 71.8 Å². The molecule has 0 aliphatic heterocycles. The largest absolute Gasteiger partial charge is 0.394 e. The lowest BCUT2D eigenvalue weighted by atomic mass is 10.1. The van der Waals surface area contributed by atoms with Crippen molar-refractivity contribution < 1.29 is 4.39 Å². The minimum Gasteiger partial charge on any atom is -0.394 e. The molecule has 3 N–H and O–H groups in total. The fourth-order valence-corrected chi connectivity index (χ4v) is 1.39. The molecule has 16 heavy (non-hydrogen) atoms. The van der Waals surface area contributed by atoms with Crippen molar-refractivity contribution in [2.45, 2.75) is 6.42 Å². The number of nitrogens with two attached hydrogens (primary N) is 1. The summed E-state index contributed by atoms with van der Waals surface area (Å²) in [6.07, 6.45) is 0.299. The van der Waals surface area contributed by atoms with Crippen molar-refractivity contribution in [2.24, 2.45) is 0 Å². The molecule has 2 aromatic rings. The Morgan fingerprint density at radius 3 is 2.81 bits per heavy atom. The van der Waals surface area contributed by atoms with Crippen LogP contribution in [0, 0.1) is 5.82 Å². The van der Waals surface area contributed by atoms with Crippen molar-refractivity contribution in [3.63, 3.8) is 0 Å². The van der Waals surface area contributed by atoms with Gasteiger partial charge in [-0.25, -0.2) is 9.49 Å². The lowest BCUT2D eigenvalue weighted by molar-refractivity contribution is 0.612. The third kappa shape index (κ3) is 2.08. The zero-order valence-corrected chi connectivity index (χ0v) is 8.40. The van der Waals surface area contributed by atoms with Gasteiger partial charge in [-0.2, -0.15) is 5.10 Å². The van der Waals surface area contributed by atoms with Gasteiger partial charge in [0.2, 0.25) is 0 Å². The summed E-state index contributed by atoms with van der Waals surface area (Å²) in [5.74, 6) is -0.297. The van der Waals surface area contributed by atoms with Crippen LogP contribution in [0.4, 0.5) is 10.1 Å². The van der Waals surface area contributed by atoms with Crippen LogP contribution in [0.25, 0.3) is 0 Å². The third-order valence-electron chi connectivity index (χ3n) is 2.21. The molecular weight excluding hydrogens is 209 g/mol. The van der Waals surface area contributed by atoms with Crippen molar-refractivity contribution in [1.82, 2.24) is 10.2 Å². The second-order valence-electron chi connectivity index (χ2n) is 3.41. The molecular formula is C11H10FN3O. The molecule has 0 spiro atoms. The lowest BCUT2D eigenvalue weighted by Gasteiger charge is -2.02. The van der Waals surface area contributed by atoms with E-state index in [2.05, 4.69) is 10.2 Å². The molecule has 0 aliphatic rings. The lowest BCUT2D eigenvalue weighted by Crippen LogP contribution is -2.14. The van der Waals surface area contributed by atoms with Gasteiger partial charge >= 0.3 is 0 Å². The predicted molar refractivity (Wildman–Crippen MR) is 58.5 cm³/mol. The van der Waals surface area contributed by atoms with Gasteiger partial charge in [0.15, 0.2) is 0 Å². The number of rotatable bonds is 2. The highest BCUT2D eigenvalue weighted by molar-refractivity contribution is 5.36. The Morgan fingerprint density at radius 2 is 2.12 bits per heavy atom. The highest BCUT2D eigenvalue weighted by Gasteiger charge is 2.04. The number of hydrogen-bond acceptors (Lipinski definition) is 3. The van der Waals surface area contributed by atoms with Crippen LogP contribution in [0.2, 0.25) is 0 Å². The summed E-state index contributed by atoms with van der Waals surface area (Å²) >= 11 is 0. The number of anilines is 1. The van der Waals surface area contributed by atoms with Crippen molar-refractivity contribution in [1.29, 1.82) is 0 Å². The van der Waals surface area contributed by atoms with Gasteiger partial charge in [-0.3, -0.25) is 4.79 Å². The fourth-order valence-electron chi connectivity index (χ4n) is 1.39. The van der Waals surface area contributed by atoms with Gasteiger partial charge in [0.1, 0.15) is 11.5 Å². The van der Waals surface area contributed by atoms with E-state index in [4.69, 9.17) is 5.73 Å². The van der Waals surface area contributed by atoms with E-state index in [0.29, 0.717) is 17.7 Å². The number of H-pyrrole nitrogens is 1. The number of nitrogens with one attached hydrogen (secondary N) is 1. The van der Waals surface area contributed by atoms with Crippen LogP contribution in [0.5, 0.6) is 0 Å². The molecule has 0 saturated heterocycles. The van der Waals surface area contributed by atoms with E-state index in [1.165, 1.54) is 12.1 Å². The average Bonchev–Trinajstić information content (AvgIpc) is 2.27. The molecule has 0 bridgehead atoms. The number of halogens is 1. The summed E-state index contributed by atoms with van der Waals surface area (Å²) in [6, 6.07) is 7.86. The highest BCUT2D eigenvalue weighted by Crippen LogP contribution is 2.11. The molecule has 0 radical (unpaired) electrons. The maximum Gasteiger partial charge on any atom is 0.287 e. The number of benzene rings is 1. The third-order valence-corrected chi connectivity index (χ3v) is 2.21. The Balaban J connectivity index is 2.31. The Labute approximate surface area is 90.9 Å². The Bertz CT molecular complexity index is 565. The van der Waals surface area contributed by atoms with Crippen LogP contribution in [-0.2, 0) is 6.42 Å². The number of hydrogen-bond donors (Lipinski definition) is 2. The zero-order valence-electron chi connectivity index (χ0n) is 8.40. The monoisotopic (exact) mass is 219 g/mol. The minimum absolute atomic E-state index is 0.0846. The van der Waals surface area contributed by atoms with E-state index in [1.54, 1.807) is 18.2 Å². The van der Waals surface area contributed by atoms with Crippen molar-refractivity contribution >= 4 is 5.69 Å². The molecule has 0 amide bonds. The second kappa shape index (κ2) is 4.14. The number of nitrogen functional groups attached to an aromatic ring is 1. The zero-order chi connectivity index (χ0) is 11.5. The SMILES string of the molecule is Nc1cc(Cc2ccccc2F)n[nH]c1=O. The van der Waals surface area contributed by atoms with Crippen LogP contribution in [0.3, 0.4) is 0 Å². The van der Waals surface area contributed by atoms with Crippen LogP contribution in [0.15, 0.2) is 35.1 Å². The van der Waals surface area contributed by atoms with E-state index < -0.39 is 5.56 Å². The Morgan fingerprint density at radius 1 is 1.38 bits per heavy atom. The van der Waals surface area contributed by atoms with Crippen LogP contribution < -0.4 is 11.3 Å². The quantitative estimate of drug-likeness (QED) is 0.793. The van der Waals surface area contributed by atoms with Crippen LogP contribution in [-0.4, -0.2) is 10.2 Å². The first kappa shape index (κ1) is 10.4. The van der Waals surface area contributed by atoms with Gasteiger partial charge in [0, 0.05) is 6.42 Å². The number of nitrogens with zero attached hydrogens (tertiary/aromatic N) is 1. The van der Waals surface area contributed by atoms with E-state index >= 15 is 0 Å². The van der Waals surface area contributed by atoms with Gasteiger partial charge in [-0.05, 0) is 17.7 Å². The Kier molecular flexibility index (Phi) is 2.68. The Hall–Kier alpha value is -2.17. The summed E-state index contributed by atoms with van der Waals surface area (Å²) in [5, 5.41) is 6.05. The first-order chi connectivity index (χ1) is 7.66. The molecule has 1 aromatic heterocycles. The summed E-state index contributed by atoms with van der Waals surface area (Å²) in [7, 11) is 0. The number of aromatic amines is 1. The second-order valence-corrected chi connectivity index (χ2v) is 3.41. The smallest absolute Gasteiger partial charge is 0.287 e. The van der Waals surface area contributed by atoms with Gasteiger partial charge < -0.3 is 5.73 Å². The van der Waals surface area contributed by atoms with E-state index in [9.17, 15) is 9.18 Å². The van der Waals surface area contributed by atoms with E-state index in [0.717, 1.165) is 0 Å². The molecule has 0 aliphatic carbocycles. The molecule has 1 aromatic carbocycles. The average molecular weight is 219 g/mol. The molecule has 0 unspecified atom stereocenters. The molecule has 0 saturated carbocycles. The van der Waals surface area contributed by atoms with Crippen LogP contribution >= 0.6 is 0 Å². The first-order valence-electron chi connectivity index (χ1n) is 4.74. The van der Waals surface area contributed by atoms with E-state index in [1.807, 2.05) is 0 Å². The molecule has 82 valence electrons. The van der Waals surface area contributed by atoms with Crippen LogP contribution in [0.1, 0.15) is 11.3 Å². The molecule has 0 atom stereocenters. The molecule has 1 heterocycles. The van der Waals surface area contributed by atoms with E-state index in [-0.39, 0.29) is 11.5 Å². The fraction of sp³-hybridized carbons (Fsp3) is 0.0909. The minimum atomic E-state index is -0.433. The normalized spacial score (nSPS) is 10.3. The summed E-state index contributed by atoms with van der Waals surface area (Å²) in [4.78, 5) is 11.0. The van der Waals surface area contributed by atoms with Gasteiger partial charge in [0.05, 0.1) is 5.69 Å². The molecule has 2 rings (SSSR count). The predicted octanol–water partition coefficient (Wildman–Crippen LogP) is 1.08. The summed E-state index contributed by atoms with van der Waals surface area (Å²) in [5.41, 5.74) is 6.13. The first-order valence-corrected chi connectivity index (χ1v) is 4.74. The summed E-state index contributed by atoms with van der Waals surface area (Å²) in [6.45, 7) is 0. The molecule has 4 nitrogen and oxygen atoms in total. The standard InChI is InChI=1S/C11H10FN3O/c12-9-4-2-1-3-7(9)5-8-6-10(13)11(16)15-14-8/h1-4,6H,5H2,(H2,13,14)(H,15,16). The van der Waals surface area contributed by atoms with Gasteiger partial charge in [-0.15, -0.1) is 0 Å². The molecule has 5 heteroatoms. The van der Waals surface area contributed by atoms with Crippen molar-refractivity contribution in [2.75, 3.05) is 5.73 Å². The highest BCUT2D eigenvalue weighted by atomic mass is 19.1. The van der Waals surface area contributed by atoms with Gasteiger partial charge in [0.25, 0.3) is 5.56 Å². The number of aromatic nitrogens is 2. The summed E-state index contributed by atoms with van der Waals surface area (Å²) < 4.78 is 13.3. The maximum absolute atomic E-state index is 13.3. The van der Waals surface area contributed by atoms with Gasteiger partial charge in [-0.1, -0.05) is 18.2 Å². The maximum atomic E-state index is 13.3. The van der Waals surface area contributed by atoms with Crippen molar-refractivity contribution in [3.05, 3.63) is 57.8 Å².